The summed E-state index contributed by atoms with van der Waals surface area (Å²) in [6.45, 7) is 4.11. The van der Waals surface area contributed by atoms with Gasteiger partial charge in [-0.25, -0.2) is 4.98 Å². The molecule has 1 radical (unpaired) electrons. The molecule has 19 heavy (non-hydrogen) atoms. The normalized spacial score (nSPS) is 16.3. The van der Waals surface area contributed by atoms with E-state index in [9.17, 15) is 13.2 Å². The molecule has 0 bridgehead atoms. The maximum absolute atomic E-state index is 12.7. The topological polar surface area (TPSA) is 16.1 Å². The number of hydrogen-bond acceptors (Lipinski definition) is 3. The van der Waals surface area contributed by atoms with Crippen LogP contribution in [0.3, 0.4) is 0 Å². The molecule has 0 amide bonds. The highest BCUT2D eigenvalue weighted by Gasteiger charge is 2.36. The summed E-state index contributed by atoms with van der Waals surface area (Å²) in [5.74, 6) is 0.800. The summed E-state index contributed by atoms with van der Waals surface area (Å²) in [6.07, 6.45) is 0.253. The summed E-state index contributed by atoms with van der Waals surface area (Å²) >= 11 is 0.983. The van der Waals surface area contributed by atoms with Crippen LogP contribution < -0.4 is 0 Å². The third-order valence-electron chi connectivity index (χ3n) is 3.32. The molecule has 2 rings (SSSR count). The molecule has 0 aromatic carbocycles. The molecule has 1 aromatic rings. The summed E-state index contributed by atoms with van der Waals surface area (Å²) in [7, 11) is 0. The van der Waals surface area contributed by atoms with Crippen LogP contribution in [0.2, 0.25) is 0 Å². The average molecular weight is 291 g/mol. The Kier molecular flexibility index (Phi) is 4.84. The predicted octanol–water partition coefficient (Wildman–Crippen LogP) is 3.97. The first-order valence-electron chi connectivity index (χ1n) is 6.66. The smallest absolute Gasteiger partial charge is 0.298 e. The molecular formula is C13H18F3N2S. The van der Waals surface area contributed by atoms with Crippen molar-refractivity contribution in [3.05, 3.63) is 16.1 Å². The Morgan fingerprint density at radius 2 is 2.11 bits per heavy atom. The second-order valence-electron chi connectivity index (χ2n) is 5.08. The lowest BCUT2D eigenvalue weighted by atomic mass is 10.2. The highest BCUT2D eigenvalue weighted by molar-refractivity contribution is 7.09. The standard InChI is InChI=1S/C13H18F3N2S/c1-2-6-18(7-5-10-3-4-10)8-11-12(13(14,15)16)17-9-19-11/h10H,2-8H2,1H3. The van der Waals surface area contributed by atoms with E-state index in [-0.39, 0.29) is 4.88 Å². The van der Waals surface area contributed by atoms with E-state index in [1.807, 2.05) is 6.92 Å². The van der Waals surface area contributed by atoms with E-state index in [1.54, 1.807) is 0 Å². The molecule has 0 saturated heterocycles. The van der Waals surface area contributed by atoms with Crippen LogP contribution in [0.25, 0.3) is 0 Å². The molecule has 0 atom stereocenters. The van der Waals surface area contributed by atoms with Gasteiger partial charge in [-0.1, -0.05) is 19.8 Å². The van der Waals surface area contributed by atoms with Crippen molar-refractivity contribution in [2.75, 3.05) is 13.1 Å². The number of aromatic nitrogens is 1. The van der Waals surface area contributed by atoms with Crippen LogP contribution in [0.1, 0.15) is 43.2 Å². The quantitative estimate of drug-likeness (QED) is 0.755. The van der Waals surface area contributed by atoms with Crippen molar-refractivity contribution in [2.45, 2.75) is 45.3 Å². The lowest BCUT2D eigenvalue weighted by molar-refractivity contribution is -0.141. The molecule has 0 N–H and O–H groups in total. The zero-order chi connectivity index (χ0) is 13.9. The van der Waals surface area contributed by atoms with Gasteiger partial charge < -0.3 is 0 Å². The number of alkyl halides is 3. The van der Waals surface area contributed by atoms with Gasteiger partial charge in [-0.2, -0.15) is 13.2 Å². The number of halogens is 3. The molecule has 1 aliphatic rings. The first-order chi connectivity index (χ1) is 9.00. The Morgan fingerprint density at radius 1 is 1.37 bits per heavy atom. The fraction of sp³-hybridized carbons (Fsp3) is 0.769. The van der Waals surface area contributed by atoms with Gasteiger partial charge in [0.05, 0.1) is 4.88 Å². The SMILES string of the molecule is CCCN(CCC1CC1)Cc1s[c]nc1C(F)(F)F. The van der Waals surface area contributed by atoms with Gasteiger partial charge in [0.1, 0.15) is 0 Å². The van der Waals surface area contributed by atoms with E-state index in [1.165, 1.54) is 12.8 Å². The van der Waals surface area contributed by atoms with Gasteiger partial charge in [-0.05, 0) is 31.8 Å². The molecule has 2 nitrogen and oxygen atoms in total. The fourth-order valence-electron chi connectivity index (χ4n) is 2.12. The van der Waals surface area contributed by atoms with Crippen LogP contribution in [0.4, 0.5) is 13.2 Å². The van der Waals surface area contributed by atoms with Gasteiger partial charge in [0.2, 0.25) is 0 Å². The monoisotopic (exact) mass is 291 g/mol. The first kappa shape index (κ1) is 14.8. The number of nitrogens with zero attached hydrogens (tertiary/aromatic N) is 2. The number of rotatable bonds is 7. The van der Waals surface area contributed by atoms with E-state index < -0.39 is 11.9 Å². The van der Waals surface area contributed by atoms with Crippen LogP contribution in [0.5, 0.6) is 0 Å². The molecular weight excluding hydrogens is 273 g/mol. The van der Waals surface area contributed by atoms with E-state index in [4.69, 9.17) is 0 Å². The minimum Gasteiger partial charge on any atom is -0.298 e. The Morgan fingerprint density at radius 3 is 2.68 bits per heavy atom. The number of thiazole rings is 1. The van der Waals surface area contributed by atoms with Gasteiger partial charge in [0, 0.05) is 6.54 Å². The summed E-state index contributed by atoms with van der Waals surface area (Å²) in [4.78, 5) is 5.74. The van der Waals surface area contributed by atoms with Crippen LogP contribution in [0, 0.1) is 11.4 Å². The molecule has 0 unspecified atom stereocenters. The minimum atomic E-state index is -4.36. The minimum absolute atomic E-state index is 0.289. The number of hydrogen-bond donors (Lipinski definition) is 0. The second-order valence-corrected chi connectivity index (χ2v) is 5.96. The maximum atomic E-state index is 12.7. The third kappa shape index (κ3) is 4.45. The van der Waals surface area contributed by atoms with Crippen molar-refractivity contribution in [2.24, 2.45) is 5.92 Å². The Bertz CT molecular complexity index is 399. The summed E-state index contributed by atoms with van der Waals surface area (Å²) in [5, 5.41) is 0. The fourth-order valence-corrected chi connectivity index (χ4v) is 2.88. The summed E-state index contributed by atoms with van der Waals surface area (Å²) < 4.78 is 38.2. The van der Waals surface area contributed by atoms with Crippen LogP contribution in [-0.2, 0) is 12.7 Å². The van der Waals surface area contributed by atoms with Gasteiger partial charge >= 0.3 is 6.18 Å². The van der Waals surface area contributed by atoms with Crippen LogP contribution >= 0.6 is 11.3 Å². The van der Waals surface area contributed by atoms with Crippen molar-refractivity contribution < 1.29 is 13.2 Å². The summed E-state index contributed by atoms with van der Waals surface area (Å²) in [5.41, 5.74) is 1.62. The molecule has 107 valence electrons. The lowest BCUT2D eigenvalue weighted by Gasteiger charge is -2.21. The Hall–Kier alpha value is -0.620. The van der Waals surface area contributed by atoms with E-state index in [0.717, 1.165) is 43.2 Å². The van der Waals surface area contributed by atoms with Gasteiger partial charge in [0.15, 0.2) is 11.2 Å². The molecule has 0 spiro atoms. The van der Waals surface area contributed by atoms with E-state index in [2.05, 4.69) is 15.4 Å². The van der Waals surface area contributed by atoms with Crippen molar-refractivity contribution in [1.29, 1.82) is 0 Å². The highest BCUT2D eigenvalue weighted by Crippen LogP contribution is 2.34. The Labute approximate surface area is 115 Å². The van der Waals surface area contributed by atoms with Crippen molar-refractivity contribution >= 4 is 11.3 Å². The molecule has 1 aromatic heterocycles. The highest BCUT2D eigenvalue weighted by atomic mass is 32.1. The molecule has 1 fully saturated rings. The van der Waals surface area contributed by atoms with Crippen molar-refractivity contribution in [3.63, 3.8) is 0 Å². The van der Waals surface area contributed by atoms with E-state index in [0.29, 0.717) is 6.54 Å². The second kappa shape index (κ2) is 6.22. The predicted molar refractivity (Wildman–Crippen MR) is 68.9 cm³/mol. The van der Waals surface area contributed by atoms with Gasteiger partial charge in [-0.3, -0.25) is 4.90 Å². The third-order valence-corrected chi connectivity index (χ3v) is 4.07. The van der Waals surface area contributed by atoms with E-state index >= 15 is 0 Å². The van der Waals surface area contributed by atoms with Crippen LogP contribution in [0.15, 0.2) is 0 Å². The van der Waals surface area contributed by atoms with Crippen LogP contribution in [-0.4, -0.2) is 23.0 Å². The van der Waals surface area contributed by atoms with Crippen molar-refractivity contribution in [1.82, 2.24) is 9.88 Å². The van der Waals surface area contributed by atoms with Crippen molar-refractivity contribution in [3.8, 4) is 0 Å². The molecule has 1 saturated carbocycles. The average Bonchev–Trinajstić information content (AvgIpc) is 3.03. The van der Waals surface area contributed by atoms with Gasteiger partial charge in [0.25, 0.3) is 0 Å². The lowest BCUT2D eigenvalue weighted by Crippen LogP contribution is -2.26. The maximum Gasteiger partial charge on any atom is 0.434 e. The first-order valence-corrected chi connectivity index (χ1v) is 7.47. The summed E-state index contributed by atoms with van der Waals surface area (Å²) in [6, 6.07) is 0. The van der Waals surface area contributed by atoms with Gasteiger partial charge in [-0.15, -0.1) is 11.3 Å². The molecule has 1 heterocycles. The molecule has 6 heteroatoms. The zero-order valence-electron chi connectivity index (χ0n) is 11.0. The Balaban J connectivity index is 1.97. The molecule has 1 aliphatic carbocycles. The zero-order valence-corrected chi connectivity index (χ0v) is 11.8. The largest absolute Gasteiger partial charge is 0.434 e. The molecule has 0 aliphatic heterocycles.